The highest BCUT2D eigenvalue weighted by molar-refractivity contribution is 7.09. The summed E-state index contributed by atoms with van der Waals surface area (Å²) in [5.41, 5.74) is 1.09. The SMILES string of the molecule is CCN(OC)[C@@H](C)c1csc(C)n1. The molecule has 0 fully saturated rings. The molecule has 0 aliphatic carbocycles. The molecule has 0 bridgehead atoms. The Kier molecular flexibility index (Phi) is 3.84. The van der Waals surface area contributed by atoms with E-state index in [1.165, 1.54) is 0 Å². The van der Waals surface area contributed by atoms with Gasteiger partial charge >= 0.3 is 0 Å². The van der Waals surface area contributed by atoms with Gasteiger partial charge in [0.1, 0.15) is 0 Å². The van der Waals surface area contributed by atoms with Crippen molar-refractivity contribution in [1.29, 1.82) is 0 Å². The summed E-state index contributed by atoms with van der Waals surface area (Å²) in [6, 6.07) is 0.236. The van der Waals surface area contributed by atoms with Crippen LogP contribution in [0.4, 0.5) is 0 Å². The van der Waals surface area contributed by atoms with Crippen molar-refractivity contribution < 1.29 is 4.84 Å². The number of hydrogen-bond donors (Lipinski definition) is 0. The highest BCUT2D eigenvalue weighted by Crippen LogP contribution is 2.21. The highest BCUT2D eigenvalue weighted by Gasteiger charge is 2.15. The fraction of sp³-hybridized carbons (Fsp3) is 0.667. The fourth-order valence-corrected chi connectivity index (χ4v) is 1.98. The summed E-state index contributed by atoms with van der Waals surface area (Å²) in [5, 5.41) is 5.10. The third-order valence-electron chi connectivity index (χ3n) is 2.04. The average molecular weight is 200 g/mol. The Balaban J connectivity index is 2.71. The van der Waals surface area contributed by atoms with Gasteiger partial charge in [-0.2, -0.15) is 5.06 Å². The van der Waals surface area contributed by atoms with Crippen LogP contribution >= 0.6 is 11.3 Å². The largest absolute Gasteiger partial charge is 0.302 e. The molecular weight excluding hydrogens is 184 g/mol. The Morgan fingerprint density at radius 3 is 2.77 bits per heavy atom. The second-order valence-electron chi connectivity index (χ2n) is 2.88. The van der Waals surface area contributed by atoms with Gasteiger partial charge in [-0.3, -0.25) is 0 Å². The van der Waals surface area contributed by atoms with E-state index in [1.54, 1.807) is 18.4 Å². The second-order valence-corrected chi connectivity index (χ2v) is 3.95. The molecule has 1 heterocycles. The van der Waals surface area contributed by atoms with E-state index in [0.717, 1.165) is 17.2 Å². The number of thiazole rings is 1. The van der Waals surface area contributed by atoms with Gasteiger partial charge in [-0.05, 0) is 13.8 Å². The normalized spacial score (nSPS) is 13.6. The molecule has 0 aromatic carbocycles. The molecular formula is C9H16N2OS. The van der Waals surface area contributed by atoms with E-state index < -0.39 is 0 Å². The van der Waals surface area contributed by atoms with Crippen LogP contribution in [0.1, 0.15) is 30.6 Å². The number of hydroxylamine groups is 2. The number of nitrogens with zero attached hydrogens (tertiary/aromatic N) is 2. The molecule has 0 radical (unpaired) electrons. The summed E-state index contributed by atoms with van der Waals surface area (Å²) in [5.74, 6) is 0. The van der Waals surface area contributed by atoms with E-state index in [4.69, 9.17) is 4.84 Å². The molecule has 0 saturated carbocycles. The second kappa shape index (κ2) is 4.69. The van der Waals surface area contributed by atoms with Crippen molar-refractivity contribution in [2.75, 3.05) is 13.7 Å². The first-order valence-corrected chi connectivity index (χ1v) is 5.29. The number of hydrogen-bond acceptors (Lipinski definition) is 4. The smallest absolute Gasteiger partial charge is 0.0898 e. The predicted molar refractivity (Wildman–Crippen MR) is 54.7 cm³/mol. The monoisotopic (exact) mass is 200 g/mol. The first-order chi connectivity index (χ1) is 6.19. The predicted octanol–water partition coefficient (Wildman–Crippen LogP) is 2.40. The van der Waals surface area contributed by atoms with Crippen LogP contribution in [0.15, 0.2) is 5.38 Å². The molecule has 3 nitrogen and oxygen atoms in total. The van der Waals surface area contributed by atoms with Crippen LogP contribution in [0, 0.1) is 6.92 Å². The Morgan fingerprint density at radius 2 is 2.38 bits per heavy atom. The van der Waals surface area contributed by atoms with Crippen LogP contribution in [0.25, 0.3) is 0 Å². The van der Waals surface area contributed by atoms with Crippen LogP contribution in [0.2, 0.25) is 0 Å². The minimum atomic E-state index is 0.236. The minimum absolute atomic E-state index is 0.236. The van der Waals surface area contributed by atoms with Crippen LogP contribution in [0.3, 0.4) is 0 Å². The molecule has 74 valence electrons. The lowest BCUT2D eigenvalue weighted by Gasteiger charge is -2.23. The van der Waals surface area contributed by atoms with Gasteiger partial charge in [0, 0.05) is 11.9 Å². The van der Waals surface area contributed by atoms with Gasteiger partial charge in [0.05, 0.1) is 23.9 Å². The zero-order valence-corrected chi connectivity index (χ0v) is 9.39. The quantitative estimate of drug-likeness (QED) is 0.698. The Bertz CT molecular complexity index is 258. The summed E-state index contributed by atoms with van der Waals surface area (Å²) in [6.45, 7) is 7.05. The summed E-state index contributed by atoms with van der Waals surface area (Å²) < 4.78 is 0. The number of aromatic nitrogens is 1. The molecule has 0 aliphatic rings. The van der Waals surface area contributed by atoms with Crippen molar-refractivity contribution >= 4 is 11.3 Å². The summed E-state index contributed by atoms with van der Waals surface area (Å²) in [7, 11) is 1.69. The lowest BCUT2D eigenvalue weighted by molar-refractivity contribution is -0.156. The van der Waals surface area contributed by atoms with Gasteiger partial charge in [0.25, 0.3) is 0 Å². The molecule has 0 saturated heterocycles. The Morgan fingerprint density at radius 1 is 1.69 bits per heavy atom. The maximum absolute atomic E-state index is 5.22. The highest BCUT2D eigenvalue weighted by atomic mass is 32.1. The van der Waals surface area contributed by atoms with E-state index in [2.05, 4.69) is 24.2 Å². The van der Waals surface area contributed by atoms with Crippen molar-refractivity contribution in [2.45, 2.75) is 26.8 Å². The van der Waals surface area contributed by atoms with Crippen LogP contribution in [-0.2, 0) is 4.84 Å². The lowest BCUT2D eigenvalue weighted by atomic mass is 10.2. The van der Waals surface area contributed by atoms with Gasteiger partial charge in [-0.15, -0.1) is 11.3 Å². The number of rotatable bonds is 4. The molecule has 1 rings (SSSR count). The molecule has 1 aromatic heterocycles. The average Bonchev–Trinajstić information content (AvgIpc) is 2.54. The van der Waals surface area contributed by atoms with Crippen LogP contribution in [0.5, 0.6) is 0 Å². The van der Waals surface area contributed by atoms with Crippen LogP contribution in [-0.4, -0.2) is 23.7 Å². The number of aryl methyl sites for hydroxylation is 1. The Labute approximate surface area is 83.3 Å². The Hall–Kier alpha value is -0.450. The van der Waals surface area contributed by atoms with Gasteiger partial charge in [-0.1, -0.05) is 6.92 Å². The first-order valence-electron chi connectivity index (χ1n) is 4.41. The fourth-order valence-electron chi connectivity index (χ4n) is 1.28. The maximum atomic E-state index is 5.22. The van der Waals surface area contributed by atoms with Crippen molar-refractivity contribution in [3.8, 4) is 0 Å². The zero-order chi connectivity index (χ0) is 9.84. The third kappa shape index (κ3) is 2.49. The van der Waals surface area contributed by atoms with Crippen molar-refractivity contribution in [1.82, 2.24) is 10.0 Å². The van der Waals surface area contributed by atoms with Gasteiger partial charge in [0.15, 0.2) is 0 Å². The zero-order valence-electron chi connectivity index (χ0n) is 8.57. The van der Waals surface area contributed by atoms with Crippen molar-refractivity contribution in [3.05, 3.63) is 16.1 Å². The van der Waals surface area contributed by atoms with Gasteiger partial charge in [-0.25, -0.2) is 4.98 Å². The van der Waals surface area contributed by atoms with E-state index >= 15 is 0 Å². The van der Waals surface area contributed by atoms with E-state index in [0.29, 0.717) is 0 Å². The van der Waals surface area contributed by atoms with Gasteiger partial charge in [0.2, 0.25) is 0 Å². The van der Waals surface area contributed by atoms with Gasteiger partial charge < -0.3 is 4.84 Å². The van der Waals surface area contributed by atoms with E-state index in [1.807, 2.05) is 12.0 Å². The summed E-state index contributed by atoms with van der Waals surface area (Å²) in [4.78, 5) is 9.65. The van der Waals surface area contributed by atoms with E-state index in [-0.39, 0.29) is 6.04 Å². The molecule has 1 aromatic rings. The molecule has 0 spiro atoms. The molecule has 0 N–H and O–H groups in total. The third-order valence-corrected chi connectivity index (χ3v) is 2.83. The molecule has 0 amide bonds. The van der Waals surface area contributed by atoms with Crippen molar-refractivity contribution in [3.63, 3.8) is 0 Å². The minimum Gasteiger partial charge on any atom is -0.302 e. The topological polar surface area (TPSA) is 25.4 Å². The maximum Gasteiger partial charge on any atom is 0.0898 e. The summed E-state index contributed by atoms with van der Waals surface area (Å²) >= 11 is 1.68. The lowest BCUT2D eigenvalue weighted by Crippen LogP contribution is -2.25. The summed E-state index contributed by atoms with van der Waals surface area (Å²) in [6.07, 6.45) is 0. The molecule has 0 unspecified atom stereocenters. The molecule has 0 aliphatic heterocycles. The van der Waals surface area contributed by atoms with E-state index in [9.17, 15) is 0 Å². The first kappa shape index (κ1) is 10.6. The molecule has 1 atom stereocenters. The molecule has 13 heavy (non-hydrogen) atoms. The van der Waals surface area contributed by atoms with Crippen molar-refractivity contribution in [2.24, 2.45) is 0 Å². The van der Waals surface area contributed by atoms with Crippen LogP contribution < -0.4 is 0 Å². The standard InChI is InChI=1S/C9H16N2OS/c1-5-11(12-4)7(2)9-6-13-8(3)10-9/h6-7H,5H2,1-4H3/t7-/m0/s1. The molecule has 4 heteroatoms.